The molecule has 0 bridgehead atoms. The van der Waals surface area contributed by atoms with Crippen molar-refractivity contribution in [3.63, 3.8) is 0 Å². The van der Waals surface area contributed by atoms with E-state index in [2.05, 4.69) is 31.3 Å². The molecule has 1 N–H and O–H groups in total. The SMILES string of the molecule is COC(=O)C(CCOc1ccc(C(C)C)cc1)NC(C)C. The third-order valence-electron chi connectivity index (χ3n) is 3.24. The lowest BCUT2D eigenvalue weighted by molar-refractivity contribution is -0.143. The number of methoxy groups -OCH3 is 1. The predicted molar refractivity (Wildman–Crippen MR) is 84.7 cm³/mol. The molecule has 0 saturated heterocycles. The van der Waals surface area contributed by atoms with Crippen LogP contribution in [0.3, 0.4) is 0 Å². The maximum atomic E-state index is 11.7. The molecule has 0 radical (unpaired) electrons. The second-order valence-electron chi connectivity index (χ2n) is 5.76. The molecule has 21 heavy (non-hydrogen) atoms. The van der Waals surface area contributed by atoms with E-state index in [0.29, 0.717) is 18.9 Å². The average molecular weight is 293 g/mol. The van der Waals surface area contributed by atoms with Crippen molar-refractivity contribution in [1.82, 2.24) is 5.32 Å². The zero-order valence-corrected chi connectivity index (χ0v) is 13.7. The lowest BCUT2D eigenvalue weighted by atomic mass is 10.0. The second-order valence-corrected chi connectivity index (χ2v) is 5.76. The predicted octanol–water partition coefficient (Wildman–Crippen LogP) is 3.12. The summed E-state index contributed by atoms with van der Waals surface area (Å²) >= 11 is 0. The number of benzene rings is 1. The third kappa shape index (κ3) is 6.17. The maximum Gasteiger partial charge on any atom is 0.322 e. The Hall–Kier alpha value is -1.55. The highest BCUT2D eigenvalue weighted by Crippen LogP contribution is 2.18. The van der Waals surface area contributed by atoms with Crippen LogP contribution in [0.15, 0.2) is 24.3 Å². The standard InChI is InChI=1S/C17H27NO3/c1-12(2)14-6-8-15(9-7-14)21-11-10-16(17(19)20-5)18-13(3)4/h6-9,12-13,16,18H,10-11H2,1-5H3. The van der Waals surface area contributed by atoms with Gasteiger partial charge in [-0.3, -0.25) is 4.79 Å². The van der Waals surface area contributed by atoms with Crippen LogP contribution in [-0.4, -0.2) is 31.8 Å². The second kappa shape index (κ2) is 8.67. The number of nitrogens with one attached hydrogen (secondary N) is 1. The van der Waals surface area contributed by atoms with E-state index in [1.807, 2.05) is 26.0 Å². The first-order valence-corrected chi connectivity index (χ1v) is 7.50. The fourth-order valence-corrected chi connectivity index (χ4v) is 2.06. The van der Waals surface area contributed by atoms with Crippen molar-refractivity contribution in [2.45, 2.75) is 52.1 Å². The molecule has 1 aromatic rings. The van der Waals surface area contributed by atoms with E-state index in [4.69, 9.17) is 9.47 Å². The molecule has 0 saturated carbocycles. The highest BCUT2D eigenvalue weighted by molar-refractivity contribution is 5.75. The minimum atomic E-state index is -0.329. The number of carbonyl (C=O) groups excluding carboxylic acids is 1. The van der Waals surface area contributed by atoms with Crippen LogP contribution in [0, 0.1) is 0 Å². The molecule has 118 valence electrons. The maximum absolute atomic E-state index is 11.7. The summed E-state index contributed by atoms with van der Waals surface area (Å²) in [6.07, 6.45) is 0.580. The van der Waals surface area contributed by atoms with E-state index in [0.717, 1.165) is 5.75 Å². The van der Waals surface area contributed by atoms with Gasteiger partial charge in [-0.25, -0.2) is 0 Å². The molecule has 0 amide bonds. The summed E-state index contributed by atoms with van der Waals surface area (Å²) in [6.45, 7) is 8.80. The summed E-state index contributed by atoms with van der Waals surface area (Å²) in [7, 11) is 1.41. The van der Waals surface area contributed by atoms with Gasteiger partial charge in [0, 0.05) is 12.5 Å². The number of esters is 1. The topological polar surface area (TPSA) is 47.6 Å². The molecule has 0 heterocycles. The van der Waals surface area contributed by atoms with Gasteiger partial charge in [0.1, 0.15) is 11.8 Å². The number of ether oxygens (including phenoxy) is 2. The lowest BCUT2D eigenvalue weighted by Gasteiger charge is -2.19. The average Bonchev–Trinajstić information content (AvgIpc) is 2.45. The van der Waals surface area contributed by atoms with Gasteiger partial charge >= 0.3 is 5.97 Å². The first kappa shape index (κ1) is 17.5. The zero-order valence-electron chi connectivity index (χ0n) is 13.7. The smallest absolute Gasteiger partial charge is 0.322 e. The van der Waals surface area contributed by atoms with E-state index in [-0.39, 0.29) is 18.1 Å². The Morgan fingerprint density at radius 2 is 1.76 bits per heavy atom. The van der Waals surface area contributed by atoms with E-state index in [1.165, 1.54) is 12.7 Å². The molecule has 1 aromatic carbocycles. The van der Waals surface area contributed by atoms with Crippen molar-refractivity contribution in [2.24, 2.45) is 0 Å². The molecular formula is C17H27NO3. The number of carbonyl (C=O) groups is 1. The van der Waals surface area contributed by atoms with Crippen LogP contribution in [0.25, 0.3) is 0 Å². The van der Waals surface area contributed by atoms with Crippen LogP contribution >= 0.6 is 0 Å². The Bertz CT molecular complexity index is 426. The molecule has 4 heteroatoms. The zero-order chi connectivity index (χ0) is 15.8. The van der Waals surface area contributed by atoms with Crippen molar-refractivity contribution in [1.29, 1.82) is 0 Å². The highest BCUT2D eigenvalue weighted by Gasteiger charge is 2.19. The molecule has 0 fully saturated rings. The van der Waals surface area contributed by atoms with Gasteiger partial charge in [-0.05, 0) is 23.6 Å². The number of rotatable bonds is 8. The lowest BCUT2D eigenvalue weighted by Crippen LogP contribution is -2.42. The molecule has 0 aliphatic rings. The van der Waals surface area contributed by atoms with Crippen molar-refractivity contribution < 1.29 is 14.3 Å². The van der Waals surface area contributed by atoms with Crippen LogP contribution in [0.2, 0.25) is 0 Å². The van der Waals surface area contributed by atoms with Crippen LogP contribution in [0.5, 0.6) is 5.75 Å². The molecule has 4 nitrogen and oxygen atoms in total. The largest absolute Gasteiger partial charge is 0.494 e. The van der Waals surface area contributed by atoms with E-state index < -0.39 is 0 Å². The molecule has 0 aromatic heterocycles. The van der Waals surface area contributed by atoms with Gasteiger partial charge in [0.2, 0.25) is 0 Å². The van der Waals surface area contributed by atoms with Gasteiger partial charge in [0.25, 0.3) is 0 Å². The van der Waals surface area contributed by atoms with E-state index in [9.17, 15) is 4.79 Å². The Morgan fingerprint density at radius 3 is 2.24 bits per heavy atom. The monoisotopic (exact) mass is 293 g/mol. The van der Waals surface area contributed by atoms with Gasteiger partial charge in [-0.1, -0.05) is 39.8 Å². The minimum Gasteiger partial charge on any atom is -0.494 e. The van der Waals surface area contributed by atoms with Gasteiger partial charge < -0.3 is 14.8 Å². The van der Waals surface area contributed by atoms with Gasteiger partial charge in [0.05, 0.1) is 13.7 Å². The Morgan fingerprint density at radius 1 is 1.14 bits per heavy atom. The molecule has 0 aliphatic heterocycles. The van der Waals surface area contributed by atoms with E-state index in [1.54, 1.807) is 0 Å². The third-order valence-corrected chi connectivity index (χ3v) is 3.24. The number of hydrogen-bond acceptors (Lipinski definition) is 4. The van der Waals surface area contributed by atoms with Gasteiger partial charge in [0.15, 0.2) is 0 Å². The van der Waals surface area contributed by atoms with Crippen molar-refractivity contribution in [3.8, 4) is 5.75 Å². The Kier molecular flexibility index (Phi) is 7.23. The molecule has 0 spiro atoms. The Labute approximate surface area is 127 Å². The van der Waals surface area contributed by atoms with Gasteiger partial charge in [-0.15, -0.1) is 0 Å². The van der Waals surface area contributed by atoms with Crippen LogP contribution in [0.4, 0.5) is 0 Å². The fraction of sp³-hybridized carbons (Fsp3) is 0.588. The van der Waals surface area contributed by atoms with Crippen LogP contribution < -0.4 is 10.1 Å². The first-order valence-electron chi connectivity index (χ1n) is 7.50. The van der Waals surface area contributed by atoms with Crippen molar-refractivity contribution in [3.05, 3.63) is 29.8 Å². The fourth-order valence-electron chi connectivity index (χ4n) is 2.06. The van der Waals surface area contributed by atoms with Crippen LogP contribution in [0.1, 0.15) is 45.6 Å². The minimum absolute atomic E-state index is 0.222. The normalized spacial score (nSPS) is 12.5. The summed E-state index contributed by atoms with van der Waals surface area (Å²) in [4.78, 5) is 11.7. The highest BCUT2D eigenvalue weighted by atomic mass is 16.5. The molecule has 1 rings (SSSR count). The van der Waals surface area contributed by atoms with E-state index >= 15 is 0 Å². The number of hydrogen-bond donors (Lipinski definition) is 1. The van der Waals surface area contributed by atoms with Crippen LogP contribution in [-0.2, 0) is 9.53 Å². The quantitative estimate of drug-likeness (QED) is 0.748. The molecule has 0 aliphatic carbocycles. The summed E-state index contributed by atoms with van der Waals surface area (Å²) in [6, 6.07) is 7.98. The summed E-state index contributed by atoms with van der Waals surface area (Å²) < 4.78 is 10.5. The van der Waals surface area contributed by atoms with Gasteiger partial charge in [-0.2, -0.15) is 0 Å². The van der Waals surface area contributed by atoms with Crippen molar-refractivity contribution in [2.75, 3.05) is 13.7 Å². The molecule has 1 unspecified atom stereocenters. The summed E-state index contributed by atoms with van der Waals surface area (Å²) in [5.41, 5.74) is 1.29. The molecular weight excluding hydrogens is 266 g/mol. The Balaban J connectivity index is 2.47. The first-order chi connectivity index (χ1) is 9.93. The summed E-state index contributed by atoms with van der Waals surface area (Å²) in [5.74, 6) is 1.09. The van der Waals surface area contributed by atoms with Crippen molar-refractivity contribution >= 4 is 5.97 Å². The molecule has 1 atom stereocenters. The summed E-state index contributed by atoms with van der Waals surface area (Å²) in [5, 5.41) is 3.19.